The summed E-state index contributed by atoms with van der Waals surface area (Å²) < 4.78 is 6.26. The number of hydrogen-bond donors (Lipinski definition) is 0. The molecular formula is C22H31NO2. The lowest BCUT2D eigenvalue weighted by Gasteiger charge is -2.46. The van der Waals surface area contributed by atoms with Crippen molar-refractivity contribution in [2.24, 2.45) is 28.6 Å². The summed E-state index contributed by atoms with van der Waals surface area (Å²) in [5, 5.41) is 0. The Morgan fingerprint density at radius 3 is 2.80 bits per heavy atom. The predicted molar refractivity (Wildman–Crippen MR) is 97.9 cm³/mol. The summed E-state index contributed by atoms with van der Waals surface area (Å²) in [6.45, 7) is 9.58. The van der Waals surface area contributed by atoms with Gasteiger partial charge in [-0.3, -0.25) is 9.78 Å². The highest BCUT2D eigenvalue weighted by Gasteiger charge is 2.71. The second kappa shape index (κ2) is 5.56. The topological polar surface area (TPSA) is 39.2 Å². The quantitative estimate of drug-likeness (QED) is 0.741. The normalized spacial score (nSPS) is 41.4. The zero-order valence-corrected chi connectivity index (χ0v) is 16.0. The molecule has 1 aromatic rings. The molecule has 1 spiro atoms. The van der Waals surface area contributed by atoms with Crippen LogP contribution in [0.25, 0.3) is 0 Å². The van der Waals surface area contributed by atoms with Crippen LogP contribution in [-0.2, 0) is 16.0 Å². The van der Waals surface area contributed by atoms with Gasteiger partial charge < -0.3 is 4.74 Å². The number of ether oxygens (including phenoxy) is 1. The molecule has 3 saturated carbocycles. The van der Waals surface area contributed by atoms with E-state index >= 15 is 0 Å². The van der Waals surface area contributed by atoms with Crippen LogP contribution in [0.1, 0.15) is 65.4 Å². The Kier molecular flexibility index (Phi) is 3.79. The van der Waals surface area contributed by atoms with Crippen molar-refractivity contribution in [1.29, 1.82) is 0 Å². The first-order valence-electron chi connectivity index (χ1n) is 9.89. The zero-order chi connectivity index (χ0) is 17.9. The predicted octanol–water partition coefficient (Wildman–Crippen LogP) is 4.80. The van der Waals surface area contributed by atoms with Crippen LogP contribution in [-0.4, -0.2) is 16.6 Å². The van der Waals surface area contributed by atoms with Gasteiger partial charge in [-0.15, -0.1) is 0 Å². The summed E-state index contributed by atoms with van der Waals surface area (Å²) in [7, 11) is 0. The summed E-state index contributed by atoms with van der Waals surface area (Å²) >= 11 is 0. The van der Waals surface area contributed by atoms with Crippen LogP contribution in [0.2, 0.25) is 0 Å². The minimum Gasteiger partial charge on any atom is -0.459 e. The highest BCUT2D eigenvalue weighted by molar-refractivity contribution is 5.73. The van der Waals surface area contributed by atoms with Gasteiger partial charge in [-0.25, -0.2) is 0 Å². The van der Waals surface area contributed by atoms with Gasteiger partial charge in [0.15, 0.2) is 0 Å². The third-order valence-electron chi connectivity index (χ3n) is 8.21. The number of pyridine rings is 1. The van der Waals surface area contributed by atoms with Crippen molar-refractivity contribution in [3.63, 3.8) is 0 Å². The van der Waals surface area contributed by atoms with E-state index in [1.165, 1.54) is 25.7 Å². The molecule has 5 atom stereocenters. The van der Waals surface area contributed by atoms with Gasteiger partial charge >= 0.3 is 5.97 Å². The Morgan fingerprint density at radius 2 is 2.08 bits per heavy atom. The number of carbonyl (C=O) groups excluding carboxylic acids is 1. The smallest absolute Gasteiger partial charge is 0.310 e. The lowest BCUT2D eigenvalue weighted by molar-refractivity contribution is -0.174. The minimum atomic E-state index is -0.302. The fraction of sp³-hybridized carbons (Fsp3) is 0.727. The lowest BCUT2D eigenvalue weighted by atomic mass is 9.63. The van der Waals surface area contributed by atoms with Crippen LogP contribution in [0.3, 0.4) is 0 Å². The molecule has 0 amide bonds. The van der Waals surface area contributed by atoms with Gasteiger partial charge in [-0.2, -0.15) is 0 Å². The maximum absolute atomic E-state index is 12.7. The molecule has 0 saturated heterocycles. The summed E-state index contributed by atoms with van der Waals surface area (Å²) in [6, 6.07) is 3.82. The van der Waals surface area contributed by atoms with Crippen LogP contribution < -0.4 is 0 Å². The van der Waals surface area contributed by atoms with Gasteiger partial charge in [-0.05, 0) is 73.8 Å². The van der Waals surface area contributed by atoms with E-state index in [9.17, 15) is 4.79 Å². The molecule has 1 heterocycles. The Balaban J connectivity index is 1.57. The largest absolute Gasteiger partial charge is 0.459 e. The molecule has 136 valence electrons. The van der Waals surface area contributed by atoms with Crippen LogP contribution >= 0.6 is 0 Å². The maximum Gasteiger partial charge on any atom is 0.310 e. The summed E-state index contributed by atoms with van der Waals surface area (Å²) in [6.07, 6.45) is 9.77. The molecule has 2 bridgehead atoms. The molecule has 0 aliphatic heterocycles. The van der Waals surface area contributed by atoms with Crippen molar-refractivity contribution >= 4 is 5.97 Å². The van der Waals surface area contributed by atoms with Crippen molar-refractivity contribution in [1.82, 2.24) is 4.98 Å². The Labute approximate surface area is 151 Å². The fourth-order valence-electron chi connectivity index (χ4n) is 6.94. The van der Waals surface area contributed by atoms with Gasteiger partial charge in [0, 0.05) is 17.8 Å². The number of rotatable bonds is 3. The van der Waals surface area contributed by atoms with Crippen molar-refractivity contribution in [2.45, 2.75) is 71.8 Å². The highest BCUT2D eigenvalue weighted by atomic mass is 16.6. The molecule has 3 fully saturated rings. The van der Waals surface area contributed by atoms with Crippen LogP contribution in [0.5, 0.6) is 0 Å². The van der Waals surface area contributed by atoms with E-state index in [1.807, 2.05) is 12.1 Å². The molecular weight excluding hydrogens is 310 g/mol. The summed E-state index contributed by atoms with van der Waals surface area (Å²) in [5.41, 5.74) is 1.19. The molecule has 3 nitrogen and oxygen atoms in total. The van der Waals surface area contributed by atoms with E-state index < -0.39 is 0 Å². The molecule has 0 radical (unpaired) electrons. The molecule has 1 aromatic heterocycles. The van der Waals surface area contributed by atoms with Gasteiger partial charge in [0.05, 0.1) is 6.42 Å². The molecule has 0 aromatic carbocycles. The van der Waals surface area contributed by atoms with Crippen molar-refractivity contribution < 1.29 is 9.53 Å². The van der Waals surface area contributed by atoms with Crippen LogP contribution in [0.15, 0.2) is 24.5 Å². The fourth-order valence-corrected chi connectivity index (χ4v) is 6.94. The number of fused-ring (bicyclic) bond motifs is 1. The highest BCUT2D eigenvalue weighted by Crippen LogP contribution is 2.74. The van der Waals surface area contributed by atoms with Gasteiger partial charge in [-0.1, -0.05) is 26.8 Å². The van der Waals surface area contributed by atoms with E-state index in [2.05, 4.69) is 32.7 Å². The summed E-state index contributed by atoms with van der Waals surface area (Å²) in [5.74, 6) is 2.15. The lowest BCUT2D eigenvalue weighted by Crippen LogP contribution is -2.48. The van der Waals surface area contributed by atoms with Gasteiger partial charge in [0.25, 0.3) is 0 Å². The van der Waals surface area contributed by atoms with Crippen molar-refractivity contribution in [3.8, 4) is 0 Å². The molecule has 0 unspecified atom stereocenters. The van der Waals surface area contributed by atoms with E-state index in [1.54, 1.807) is 12.4 Å². The van der Waals surface area contributed by atoms with E-state index in [-0.39, 0.29) is 17.0 Å². The van der Waals surface area contributed by atoms with E-state index in [0.717, 1.165) is 23.8 Å². The minimum absolute atomic E-state index is 0.0922. The third kappa shape index (κ3) is 2.38. The second-order valence-electron chi connectivity index (χ2n) is 9.64. The Bertz CT molecular complexity index is 670. The van der Waals surface area contributed by atoms with Crippen molar-refractivity contribution in [3.05, 3.63) is 30.1 Å². The molecule has 0 N–H and O–H groups in total. The number of hydrogen-bond acceptors (Lipinski definition) is 3. The Hall–Kier alpha value is -1.38. The average Bonchev–Trinajstić information content (AvgIpc) is 2.93. The summed E-state index contributed by atoms with van der Waals surface area (Å²) in [4.78, 5) is 16.8. The molecule has 3 aliphatic carbocycles. The monoisotopic (exact) mass is 341 g/mol. The van der Waals surface area contributed by atoms with Crippen LogP contribution in [0, 0.1) is 28.6 Å². The van der Waals surface area contributed by atoms with Gasteiger partial charge in [0.2, 0.25) is 0 Å². The first-order valence-corrected chi connectivity index (χ1v) is 9.89. The third-order valence-corrected chi connectivity index (χ3v) is 8.21. The Morgan fingerprint density at radius 1 is 1.28 bits per heavy atom. The number of carbonyl (C=O) groups is 1. The first kappa shape index (κ1) is 17.1. The number of nitrogens with zero attached hydrogens (tertiary/aromatic N) is 1. The number of esters is 1. The van der Waals surface area contributed by atoms with Crippen molar-refractivity contribution in [2.75, 3.05) is 0 Å². The van der Waals surface area contributed by atoms with E-state index in [4.69, 9.17) is 4.74 Å². The SMILES string of the molecule is C[C@@H]1CC[C@]23C[C@@H]1C(C)(C)[C@@H]2CC[C@@]3(C)OC(=O)Cc1cccnc1. The maximum atomic E-state index is 12.7. The zero-order valence-electron chi connectivity index (χ0n) is 16.0. The molecule has 25 heavy (non-hydrogen) atoms. The van der Waals surface area contributed by atoms with Gasteiger partial charge in [0.1, 0.15) is 5.60 Å². The average molecular weight is 341 g/mol. The first-order chi connectivity index (χ1) is 11.8. The molecule has 3 aliphatic rings. The molecule has 4 rings (SSSR count). The molecule has 3 heteroatoms. The number of aromatic nitrogens is 1. The second-order valence-corrected chi connectivity index (χ2v) is 9.64. The van der Waals surface area contributed by atoms with Crippen LogP contribution in [0.4, 0.5) is 0 Å². The van der Waals surface area contributed by atoms with E-state index in [0.29, 0.717) is 17.8 Å². The standard InChI is InChI=1S/C22H31NO2/c1-15-7-10-22-13-17(15)20(2,3)18(22)8-9-21(22,4)25-19(24)12-16-6-5-11-23-14-16/h5-6,11,14-15,17-18H,7-10,12-13H2,1-4H3/t15-,17+,18+,21-,22+/m1/s1.